The maximum absolute atomic E-state index is 14.6. The zero-order valence-electron chi connectivity index (χ0n) is 16.1. The molecule has 0 radical (unpaired) electrons. The highest BCUT2D eigenvalue weighted by molar-refractivity contribution is 7.26. The summed E-state index contributed by atoms with van der Waals surface area (Å²) in [6.45, 7) is 3.75. The van der Waals surface area contributed by atoms with Crippen LogP contribution in [-0.4, -0.2) is 4.98 Å². The van der Waals surface area contributed by atoms with Gasteiger partial charge in [-0.05, 0) is 35.0 Å². The van der Waals surface area contributed by atoms with E-state index < -0.39 is 5.89 Å². The Bertz CT molecular complexity index is 1360. The molecule has 132 valence electrons. The fraction of sp³-hybridized carbons (Fsp3) is 0.125. The summed E-state index contributed by atoms with van der Waals surface area (Å²) in [6, 6.07) is 19.4. The van der Waals surface area contributed by atoms with Crippen LogP contribution >= 0.6 is 11.3 Å². The van der Waals surface area contributed by atoms with Gasteiger partial charge < -0.3 is 0 Å². The first-order valence-corrected chi connectivity index (χ1v) is 9.74. The number of thiophene rings is 1. The Labute approximate surface area is 162 Å². The van der Waals surface area contributed by atoms with Crippen molar-refractivity contribution < 1.29 is 5.76 Å². The zero-order valence-corrected chi connectivity index (χ0v) is 15.9. The molecule has 0 fully saturated rings. The fourth-order valence-corrected chi connectivity index (χ4v) is 4.98. The van der Waals surface area contributed by atoms with Gasteiger partial charge in [0.25, 0.3) is 0 Å². The van der Waals surface area contributed by atoms with E-state index in [0.29, 0.717) is 5.39 Å². The van der Waals surface area contributed by atoms with E-state index in [4.69, 9.17) is 1.37 Å². The molecule has 3 aromatic carbocycles. The van der Waals surface area contributed by atoms with E-state index in [0.717, 1.165) is 42.4 Å². The quantitative estimate of drug-likeness (QED) is 0.312. The van der Waals surface area contributed by atoms with Gasteiger partial charge in [0, 0.05) is 38.7 Å². The Hall–Kier alpha value is -2.78. The third kappa shape index (κ3) is 2.54. The molecule has 2 aromatic heterocycles. The summed E-state index contributed by atoms with van der Waals surface area (Å²) >= 11 is 1.60. The van der Waals surface area contributed by atoms with Gasteiger partial charge in [0.15, 0.2) is 0 Å². The van der Waals surface area contributed by atoms with Crippen LogP contribution in [0.25, 0.3) is 42.2 Å². The molecule has 0 aliphatic rings. The van der Waals surface area contributed by atoms with Gasteiger partial charge in [-0.2, -0.15) is 0 Å². The van der Waals surface area contributed by atoms with Gasteiger partial charge in [-0.1, -0.05) is 56.3 Å². The van der Waals surface area contributed by atoms with Crippen LogP contribution in [0, 0.1) is 5.82 Å². The summed E-state index contributed by atoms with van der Waals surface area (Å²) in [5.41, 5.74) is 2.79. The number of hydrogen-bond donors (Lipinski definition) is 0. The lowest BCUT2D eigenvalue weighted by Gasteiger charge is -2.08. The van der Waals surface area contributed by atoms with Crippen LogP contribution in [0.2, 0.25) is 0 Å². The number of benzene rings is 3. The normalized spacial score (nSPS) is 12.8. The number of hydrogen-bond acceptors (Lipinski definition) is 2. The van der Waals surface area contributed by atoms with Crippen LogP contribution in [0.4, 0.5) is 4.39 Å². The number of halogens is 1. The third-order valence-electron chi connectivity index (χ3n) is 5.07. The lowest BCUT2D eigenvalue weighted by Crippen LogP contribution is -1.90. The van der Waals surface area contributed by atoms with E-state index in [1.165, 1.54) is 0 Å². The SMILES string of the molecule is [2H]C(C)(C)c1ccnc(-c2cccc3c2sc2cc(F)c4ccccc4c23)c1. The minimum absolute atomic E-state index is 0.188. The predicted molar refractivity (Wildman–Crippen MR) is 114 cm³/mol. The van der Waals surface area contributed by atoms with Crippen LogP contribution in [0.3, 0.4) is 0 Å². The van der Waals surface area contributed by atoms with E-state index in [1.807, 2.05) is 56.3 Å². The Morgan fingerprint density at radius 3 is 2.56 bits per heavy atom. The Morgan fingerprint density at radius 1 is 0.963 bits per heavy atom. The smallest absolute Gasteiger partial charge is 0.132 e. The molecule has 5 rings (SSSR count). The Morgan fingerprint density at radius 2 is 1.74 bits per heavy atom. The van der Waals surface area contributed by atoms with Crippen LogP contribution < -0.4 is 0 Å². The first kappa shape index (κ1) is 15.3. The van der Waals surface area contributed by atoms with E-state index in [-0.39, 0.29) is 5.82 Å². The fourth-order valence-electron chi connectivity index (χ4n) is 3.71. The number of nitrogens with zero attached hydrogens (tertiary/aromatic N) is 1. The maximum atomic E-state index is 14.6. The van der Waals surface area contributed by atoms with Gasteiger partial charge in [0.05, 0.1) is 5.69 Å². The molecular weight excluding hydrogens is 353 g/mol. The Balaban J connectivity index is 1.86. The van der Waals surface area contributed by atoms with Crippen molar-refractivity contribution in [3.05, 3.63) is 78.2 Å². The second kappa shape index (κ2) is 6.14. The molecule has 0 aliphatic heterocycles. The van der Waals surface area contributed by atoms with Crippen molar-refractivity contribution in [3.63, 3.8) is 0 Å². The van der Waals surface area contributed by atoms with Crippen molar-refractivity contribution in [1.29, 1.82) is 0 Å². The highest BCUT2D eigenvalue weighted by Crippen LogP contribution is 2.43. The first-order valence-electron chi connectivity index (χ1n) is 9.43. The second-order valence-corrected chi connectivity index (χ2v) is 8.04. The molecule has 0 aliphatic carbocycles. The summed E-state index contributed by atoms with van der Waals surface area (Å²) < 4.78 is 25.0. The molecule has 5 aromatic rings. The molecule has 1 nitrogen and oxygen atoms in total. The molecule has 27 heavy (non-hydrogen) atoms. The number of pyridine rings is 1. The number of aromatic nitrogens is 1. The summed E-state index contributed by atoms with van der Waals surface area (Å²) in [4.78, 5) is 4.57. The number of fused-ring (bicyclic) bond motifs is 5. The van der Waals surface area contributed by atoms with Gasteiger partial charge in [0.1, 0.15) is 5.82 Å². The molecule has 3 heteroatoms. The topological polar surface area (TPSA) is 12.9 Å². The third-order valence-corrected chi connectivity index (χ3v) is 6.25. The maximum Gasteiger partial charge on any atom is 0.132 e. The highest BCUT2D eigenvalue weighted by atomic mass is 32.1. The van der Waals surface area contributed by atoms with Gasteiger partial charge in [-0.3, -0.25) is 4.98 Å². The van der Waals surface area contributed by atoms with Crippen molar-refractivity contribution in [3.8, 4) is 11.3 Å². The van der Waals surface area contributed by atoms with E-state index >= 15 is 0 Å². The molecule has 0 bridgehead atoms. The molecular formula is C24H18FNS. The van der Waals surface area contributed by atoms with Gasteiger partial charge in [-0.15, -0.1) is 11.3 Å². The lowest BCUT2D eigenvalue weighted by atomic mass is 9.99. The van der Waals surface area contributed by atoms with Crippen molar-refractivity contribution in [2.75, 3.05) is 0 Å². The summed E-state index contributed by atoms with van der Waals surface area (Å²) in [5.74, 6) is -0.877. The van der Waals surface area contributed by atoms with Crippen LogP contribution in [0.15, 0.2) is 66.9 Å². The van der Waals surface area contributed by atoms with Crippen molar-refractivity contribution >= 4 is 42.3 Å². The van der Waals surface area contributed by atoms with Crippen molar-refractivity contribution in [2.24, 2.45) is 0 Å². The van der Waals surface area contributed by atoms with Gasteiger partial charge >= 0.3 is 0 Å². The van der Waals surface area contributed by atoms with Crippen LogP contribution in [0.1, 0.15) is 26.7 Å². The van der Waals surface area contributed by atoms with Crippen LogP contribution in [-0.2, 0) is 0 Å². The monoisotopic (exact) mass is 372 g/mol. The standard InChI is InChI=1S/C24H18FNS/c1-14(2)15-10-11-26-21(12-15)18-8-5-9-19-23-17-7-4-3-6-16(17)20(25)13-22(23)27-24(18)19/h3-14H,1-2H3/i14D. The largest absolute Gasteiger partial charge is 0.256 e. The minimum atomic E-state index is -0.689. The summed E-state index contributed by atoms with van der Waals surface area (Å²) in [5, 5.41) is 3.80. The minimum Gasteiger partial charge on any atom is -0.256 e. The summed E-state index contributed by atoms with van der Waals surface area (Å²) in [6.07, 6.45) is 1.77. The second-order valence-electron chi connectivity index (χ2n) is 6.99. The molecule has 0 spiro atoms. The lowest BCUT2D eigenvalue weighted by molar-refractivity contribution is 0.641. The molecule has 0 saturated heterocycles. The molecule has 0 unspecified atom stereocenters. The van der Waals surface area contributed by atoms with Gasteiger partial charge in [0.2, 0.25) is 0 Å². The van der Waals surface area contributed by atoms with Crippen molar-refractivity contribution in [2.45, 2.75) is 19.7 Å². The molecule has 0 saturated carbocycles. The van der Waals surface area contributed by atoms with Gasteiger partial charge in [-0.25, -0.2) is 4.39 Å². The average molecular weight is 372 g/mol. The highest BCUT2D eigenvalue weighted by Gasteiger charge is 2.15. The van der Waals surface area contributed by atoms with E-state index in [9.17, 15) is 4.39 Å². The predicted octanol–water partition coefficient (Wildman–Crippen LogP) is 7.53. The first-order chi connectivity index (χ1) is 13.4. The molecule has 0 atom stereocenters. The van der Waals surface area contributed by atoms with Crippen LogP contribution in [0.5, 0.6) is 0 Å². The molecule has 2 heterocycles. The average Bonchev–Trinajstić information content (AvgIpc) is 3.06. The number of rotatable bonds is 2. The molecule has 0 amide bonds. The Kier molecular flexibility index (Phi) is 3.48. The summed E-state index contributed by atoms with van der Waals surface area (Å²) in [7, 11) is 0. The van der Waals surface area contributed by atoms with Crippen molar-refractivity contribution in [1.82, 2.24) is 4.98 Å². The zero-order chi connectivity index (χ0) is 19.5. The van der Waals surface area contributed by atoms with E-state index in [2.05, 4.69) is 17.1 Å². The van der Waals surface area contributed by atoms with E-state index in [1.54, 1.807) is 23.6 Å². The molecule has 0 N–H and O–H groups in total.